The van der Waals surface area contributed by atoms with Crippen LogP contribution in [0.5, 0.6) is 0 Å². The van der Waals surface area contributed by atoms with Crippen LogP contribution in [0.1, 0.15) is 31.7 Å². The number of nitrogens with one attached hydrogen (secondary N) is 2. The van der Waals surface area contributed by atoms with E-state index in [1.165, 1.54) is 6.08 Å². The van der Waals surface area contributed by atoms with Crippen molar-refractivity contribution in [1.82, 2.24) is 15.5 Å². The van der Waals surface area contributed by atoms with Crippen LogP contribution in [0.2, 0.25) is 0 Å². The van der Waals surface area contributed by atoms with E-state index < -0.39 is 17.9 Å². The van der Waals surface area contributed by atoms with Crippen molar-refractivity contribution >= 4 is 52.0 Å². The van der Waals surface area contributed by atoms with E-state index in [1.54, 1.807) is 11.0 Å². The van der Waals surface area contributed by atoms with Gasteiger partial charge < -0.3 is 15.0 Å². The quantitative estimate of drug-likeness (QED) is 0.290. The van der Waals surface area contributed by atoms with Gasteiger partial charge in [-0.2, -0.15) is 0 Å². The monoisotopic (exact) mass is 453 g/mol. The minimum Gasteiger partial charge on any atom is -0.466 e. The molecule has 8 heteroatoms. The van der Waals surface area contributed by atoms with Crippen molar-refractivity contribution in [2.75, 3.05) is 19.7 Å². The molecule has 168 valence electrons. The number of fused-ring (bicyclic) bond motifs is 1. The molecule has 2 amide bonds. The number of unbranched alkanes of at least 4 members (excludes halogenated alkanes) is 1. The molecule has 1 unspecified atom stereocenters. The van der Waals surface area contributed by atoms with E-state index in [1.807, 2.05) is 49.4 Å². The third-order valence-electron chi connectivity index (χ3n) is 5.18. The van der Waals surface area contributed by atoms with Gasteiger partial charge in [-0.1, -0.05) is 55.8 Å². The van der Waals surface area contributed by atoms with Crippen molar-refractivity contribution < 1.29 is 19.1 Å². The molecule has 0 bridgehead atoms. The Morgan fingerprint density at radius 3 is 2.84 bits per heavy atom. The summed E-state index contributed by atoms with van der Waals surface area (Å²) in [5, 5.41) is 7.61. The number of ether oxygens (including phenoxy) is 1. The average molecular weight is 454 g/mol. The highest BCUT2D eigenvalue weighted by atomic mass is 32.1. The number of piperazine rings is 1. The van der Waals surface area contributed by atoms with Gasteiger partial charge in [-0.05, 0) is 41.1 Å². The van der Waals surface area contributed by atoms with Gasteiger partial charge >= 0.3 is 5.97 Å². The lowest BCUT2D eigenvalue weighted by molar-refractivity contribution is -0.147. The van der Waals surface area contributed by atoms with Crippen LogP contribution < -0.4 is 10.6 Å². The smallest absolute Gasteiger partial charge is 0.308 e. The Labute approximate surface area is 192 Å². The van der Waals surface area contributed by atoms with E-state index in [2.05, 4.69) is 10.6 Å². The molecule has 1 aliphatic rings. The highest BCUT2D eigenvalue weighted by molar-refractivity contribution is 7.80. The number of benzene rings is 2. The van der Waals surface area contributed by atoms with Crippen LogP contribution in [0.25, 0.3) is 16.8 Å². The Hall–Kier alpha value is -3.26. The first-order valence-electron chi connectivity index (χ1n) is 10.7. The molecular formula is C24H27N3O4S. The van der Waals surface area contributed by atoms with E-state index in [0.717, 1.165) is 29.2 Å². The molecule has 2 N–H and O–H groups in total. The summed E-state index contributed by atoms with van der Waals surface area (Å²) in [6, 6.07) is 13.0. The SMILES string of the molecule is CCCCOC(=O)CC1C(=O)NCCN1C(=S)NC(=O)C=Cc1cccc2ccccc12. The van der Waals surface area contributed by atoms with Gasteiger partial charge in [-0.25, -0.2) is 0 Å². The van der Waals surface area contributed by atoms with Gasteiger partial charge in [0.05, 0.1) is 13.0 Å². The maximum atomic E-state index is 12.5. The molecule has 0 saturated carbocycles. The first-order chi connectivity index (χ1) is 15.5. The summed E-state index contributed by atoms with van der Waals surface area (Å²) in [6.07, 6.45) is 4.69. The number of hydrogen-bond donors (Lipinski definition) is 2. The third-order valence-corrected chi connectivity index (χ3v) is 5.52. The van der Waals surface area contributed by atoms with Gasteiger partial charge in [-0.15, -0.1) is 0 Å². The Kier molecular flexibility index (Phi) is 8.33. The Morgan fingerprint density at radius 2 is 2.03 bits per heavy atom. The normalized spacial score (nSPS) is 16.1. The van der Waals surface area contributed by atoms with Crippen LogP contribution in [0.3, 0.4) is 0 Å². The van der Waals surface area contributed by atoms with Crippen LogP contribution in [0.15, 0.2) is 48.5 Å². The summed E-state index contributed by atoms with van der Waals surface area (Å²) in [7, 11) is 0. The van der Waals surface area contributed by atoms with Crippen LogP contribution in [0.4, 0.5) is 0 Å². The number of nitrogens with zero attached hydrogens (tertiary/aromatic N) is 1. The Balaban J connectivity index is 1.63. The molecule has 32 heavy (non-hydrogen) atoms. The van der Waals surface area contributed by atoms with Gasteiger partial charge in [0.1, 0.15) is 6.04 Å². The number of hydrogen-bond acceptors (Lipinski definition) is 5. The largest absolute Gasteiger partial charge is 0.466 e. The van der Waals surface area contributed by atoms with Crippen molar-refractivity contribution in [2.45, 2.75) is 32.2 Å². The molecule has 1 atom stereocenters. The van der Waals surface area contributed by atoms with Crippen molar-refractivity contribution in [3.63, 3.8) is 0 Å². The zero-order chi connectivity index (χ0) is 22.9. The molecule has 1 aliphatic heterocycles. The molecule has 3 rings (SSSR count). The summed E-state index contributed by atoms with van der Waals surface area (Å²) in [5.41, 5.74) is 0.911. The predicted molar refractivity (Wildman–Crippen MR) is 128 cm³/mol. The van der Waals surface area contributed by atoms with Crippen molar-refractivity contribution in [3.8, 4) is 0 Å². The summed E-state index contributed by atoms with van der Waals surface area (Å²) < 4.78 is 5.18. The van der Waals surface area contributed by atoms with Crippen LogP contribution in [-0.4, -0.2) is 53.5 Å². The van der Waals surface area contributed by atoms with Gasteiger partial charge in [0.15, 0.2) is 5.11 Å². The molecule has 0 aromatic heterocycles. The van der Waals surface area contributed by atoms with Crippen LogP contribution in [-0.2, 0) is 19.1 Å². The second-order valence-electron chi connectivity index (χ2n) is 7.47. The van der Waals surface area contributed by atoms with E-state index in [0.29, 0.717) is 19.7 Å². The van der Waals surface area contributed by atoms with Gasteiger partial charge in [0, 0.05) is 19.2 Å². The molecule has 0 radical (unpaired) electrons. The fourth-order valence-electron chi connectivity index (χ4n) is 3.49. The minimum absolute atomic E-state index is 0.110. The van der Waals surface area contributed by atoms with Gasteiger partial charge in [0.2, 0.25) is 11.8 Å². The number of thiocarbonyl (C=S) groups is 1. The third kappa shape index (κ3) is 6.13. The standard InChI is InChI=1S/C24H27N3O4S/c1-2-3-15-31-22(29)16-20-23(30)25-13-14-27(20)24(32)26-21(28)12-11-18-9-6-8-17-7-4-5-10-19(17)18/h4-12,20H,2-3,13-16H2,1H3,(H,25,30)(H,26,28,32). The molecule has 0 aliphatic carbocycles. The van der Waals surface area contributed by atoms with Crippen LogP contribution in [0, 0.1) is 0 Å². The molecule has 7 nitrogen and oxygen atoms in total. The molecule has 1 heterocycles. The molecule has 2 aromatic carbocycles. The van der Waals surface area contributed by atoms with E-state index in [4.69, 9.17) is 17.0 Å². The van der Waals surface area contributed by atoms with Gasteiger partial charge in [0.25, 0.3) is 0 Å². The number of carbonyl (C=O) groups is 3. The second-order valence-corrected chi connectivity index (χ2v) is 7.86. The second kappa shape index (κ2) is 11.4. The van der Waals surface area contributed by atoms with Crippen LogP contribution >= 0.6 is 12.2 Å². The predicted octanol–water partition coefficient (Wildman–Crippen LogP) is 2.79. The topological polar surface area (TPSA) is 87.7 Å². The molecule has 2 aromatic rings. The Morgan fingerprint density at radius 1 is 1.25 bits per heavy atom. The van der Waals surface area contributed by atoms with Gasteiger partial charge in [-0.3, -0.25) is 19.7 Å². The fraction of sp³-hybridized carbons (Fsp3) is 0.333. The first-order valence-corrected chi connectivity index (χ1v) is 11.1. The summed E-state index contributed by atoms with van der Waals surface area (Å²) in [4.78, 5) is 38.5. The Bertz CT molecular complexity index is 1030. The molecule has 1 fully saturated rings. The molecular weight excluding hydrogens is 426 g/mol. The summed E-state index contributed by atoms with van der Waals surface area (Å²) in [6.45, 7) is 3.09. The number of carbonyl (C=O) groups excluding carboxylic acids is 3. The fourth-order valence-corrected chi connectivity index (χ4v) is 3.81. The lowest BCUT2D eigenvalue weighted by Crippen LogP contribution is -2.60. The summed E-state index contributed by atoms with van der Waals surface area (Å²) >= 11 is 5.38. The number of amides is 2. The lowest BCUT2D eigenvalue weighted by Gasteiger charge is -2.36. The van der Waals surface area contributed by atoms with Crippen molar-refractivity contribution in [3.05, 3.63) is 54.1 Å². The van der Waals surface area contributed by atoms with E-state index in [9.17, 15) is 14.4 Å². The summed E-state index contributed by atoms with van der Waals surface area (Å²) in [5.74, 6) is -1.18. The average Bonchev–Trinajstić information content (AvgIpc) is 2.79. The minimum atomic E-state index is -0.812. The zero-order valence-corrected chi connectivity index (χ0v) is 18.8. The van der Waals surface area contributed by atoms with Crippen molar-refractivity contribution in [2.24, 2.45) is 0 Å². The van der Waals surface area contributed by atoms with E-state index >= 15 is 0 Å². The number of rotatable bonds is 7. The molecule has 1 saturated heterocycles. The molecule has 0 spiro atoms. The number of esters is 1. The maximum Gasteiger partial charge on any atom is 0.308 e. The first kappa shape index (κ1) is 23.4. The zero-order valence-electron chi connectivity index (χ0n) is 18.0. The lowest BCUT2D eigenvalue weighted by atomic mass is 10.0. The van der Waals surface area contributed by atoms with Crippen molar-refractivity contribution in [1.29, 1.82) is 0 Å². The highest BCUT2D eigenvalue weighted by Gasteiger charge is 2.34. The van der Waals surface area contributed by atoms with E-state index in [-0.39, 0.29) is 17.4 Å². The maximum absolute atomic E-state index is 12.5. The highest BCUT2D eigenvalue weighted by Crippen LogP contribution is 2.19.